The fourth-order valence-electron chi connectivity index (χ4n) is 5.51. The Kier molecular flexibility index (Phi) is 4.80. The molecule has 0 aliphatic carbocycles. The van der Waals surface area contributed by atoms with Crippen LogP contribution in [0.3, 0.4) is 0 Å². The van der Waals surface area contributed by atoms with Crippen LogP contribution in [0.2, 0.25) is 0 Å². The summed E-state index contributed by atoms with van der Waals surface area (Å²) in [5.74, 6) is 0. The summed E-state index contributed by atoms with van der Waals surface area (Å²) in [6.07, 6.45) is 3.82. The van der Waals surface area contributed by atoms with E-state index in [0.29, 0.717) is 0 Å². The van der Waals surface area contributed by atoms with Crippen LogP contribution in [-0.2, 0) is 0 Å². The van der Waals surface area contributed by atoms with Gasteiger partial charge in [-0.2, -0.15) is 0 Å². The van der Waals surface area contributed by atoms with Crippen molar-refractivity contribution in [2.45, 2.75) is 0 Å². The fourth-order valence-corrected chi connectivity index (χ4v) is 5.51. The van der Waals surface area contributed by atoms with E-state index in [1.165, 1.54) is 27.5 Å². The first-order valence-corrected chi connectivity index (χ1v) is 12.5. The van der Waals surface area contributed by atoms with Gasteiger partial charge in [0.15, 0.2) is 0 Å². The van der Waals surface area contributed by atoms with E-state index in [4.69, 9.17) is 4.98 Å². The molecule has 37 heavy (non-hydrogen) atoms. The predicted octanol–water partition coefficient (Wildman–Crippen LogP) is 9.41. The molecule has 7 rings (SSSR count). The van der Waals surface area contributed by atoms with Crippen molar-refractivity contribution >= 4 is 50.4 Å². The van der Waals surface area contributed by atoms with Gasteiger partial charge in [0.1, 0.15) is 5.65 Å². The van der Waals surface area contributed by atoms with E-state index in [9.17, 15) is 0 Å². The molecule has 0 saturated carbocycles. The second-order valence-electron chi connectivity index (χ2n) is 9.37. The largest absolute Gasteiger partial charge is 0.292 e. The molecule has 0 atom stereocenters. The second-order valence-corrected chi connectivity index (χ2v) is 9.37. The lowest BCUT2D eigenvalue weighted by Crippen LogP contribution is -1.97. The molecule has 0 radical (unpaired) electrons. The van der Waals surface area contributed by atoms with Crippen LogP contribution in [0.15, 0.2) is 122 Å². The first-order chi connectivity index (χ1) is 18.2. The van der Waals surface area contributed by atoms with Crippen molar-refractivity contribution in [1.82, 2.24) is 9.38 Å². The quantitative estimate of drug-likeness (QED) is 0.249. The van der Waals surface area contributed by atoms with Gasteiger partial charge >= 0.3 is 0 Å². The van der Waals surface area contributed by atoms with E-state index in [0.717, 1.165) is 44.3 Å². The van der Waals surface area contributed by atoms with E-state index in [1.54, 1.807) is 0 Å². The zero-order chi connectivity index (χ0) is 24.9. The van der Waals surface area contributed by atoms with Crippen LogP contribution in [0, 0.1) is 0 Å². The molecular formula is C35H24N2. The van der Waals surface area contributed by atoms with Gasteiger partial charge < -0.3 is 0 Å². The molecule has 2 aromatic heterocycles. The predicted molar refractivity (Wildman–Crippen MR) is 159 cm³/mol. The molecule has 2 nitrogen and oxygen atoms in total. The van der Waals surface area contributed by atoms with E-state index in [2.05, 4.69) is 127 Å². The fraction of sp³-hybridized carbons (Fsp3) is 0. The highest BCUT2D eigenvalue weighted by molar-refractivity contribution is 6.04. The maximum atomic E-state index is 5.10. The Morgan fingerprint density at radius 3 is 1.89 bits per heavy atom. The average Bonchev–Trinajstić information content (AvgIpc) is 3.35. The van der Waals surface area contributed by atoms with Crippen molar-refractivity contribution in [2.24, 2.45) is 0 Å². The summed E-state index contributed by atoms with van der Waals surface area (Å²) in [6.45, 7) is 8.19. The summed E-state index contributed by atoms with van der Waals surface area (Å²) in [6, 6.07) is 38.8. The minimum absolute atomic E-state index is 0.940. The highest BCUT2D eigenvalue weighted by atomic mass is 15.0. The van der Waals surface area contributed by atoms with Crippen LogP contribution in [0.1, 0.15) is 11.3 Å². The summed E-state index contributed by atoms with van der Waals surface area (Å²) in [7, 11) is 0. The van der Waals surface area contributed by atoms with Gasteiger partial charge in [-0.05, 0) is 68.8 Å². The molecule has 0 N–H and O–H groups in total. The molecule has 0 unspecified atom stereocenters. The summed E-state index contributed by atoms with van der Waals surface area (Å²) in [5, 5.41) is 4.71. The highest BCUT2D eigenvalue weighted by Gasteiger charge is 2.15. The molecule has 0 saturated heterocycles. The maximum absolute atomic E-state index is 5.10. The lowest BCUT2D eigenvalue weighted by molar-refractivity contribution is 1.21. The number of hydrogen-bond acceptors (Lipinski definition) is 1. The van der Waals surface area contributed by atoms with Gasteiger partial charge in [-0.15, -0.1) is 0 Å². The van der Waals surface area contributed by atoms with Crippen LogP contribution < -0.4 is 0 Å². The Morgan fingerprint density at radius 2 is 1.19 bits per heavy atom. The molecule has 2 heteroatoms. The van der Waals surface area contributed by atoms with Crippen LogP contribution in [0.5, 0.6) is 0 Å². The molecule has 7 aromatic rings. The van der Waals surface area contributed by atoms with Gasteiger partial charge in [-0.1, -0.05) is 104 Å². The second kappa shape index (κ2) is 8.32. The highest BCUT2D eigenvalue weighted by Crippen LogP contribution is 2.34. The minimum Gasteiger partial charge on any atom is -0.292 e. The number of rotatable bonds is 4. The van der Waals surface area contributed by atoms with Gasteiger partial charge in [0, 0.05) is 10.9 Å². The molecule has 0 aliphatic heterocycles. The normalized spacial score (nSPS) is 11.5. The molecule has 0 bridgehead atoms. The number of hydrogen-bond donors (Lipinski definition) is 0. The van der Waals surface area contributed by atoms with Crippen LogP contribution in [-0.4, -0.2) is 9.38 Å². The Labute approximate surface area is 215 Å². The Morgan fingerprint density at radius 1 is 0.568 bits per heavy atom. The van der Waals surface area contributed by atoms with Gasteiger partial charge in [0.05, 0.1) is 16.7 Å². The van der Waals surface area contributed by atoms with Crippen molar-refractivity contribution in [3.05, 3.63) is 134 Å². The number of aromatic nitrogens is 2. The third-order valence-corrected chi connectivity index (χ3v) is 7.31. The first-order valence-electron chi connectivity index (χ1n) is 12.5. The van der Waals surface area contributed by atoms with Crippen LogP contribution in [0.25, 0.3) is 72.6 Å². The molecule has 0 amide bonds. The smallest absolute Gasteiger partial charge is 0.146 e. The van der Waals surface area contributed by atoms with Crippen LogP contribution >= 0.6 is 0 Å². The summed E-state index contributed by atoms with van der Waals surface area (Å²) >= 11 is 0. The van der Waals surface area contributed by atoms with Crippen LogP contribution in [0.4, 0.5) is 0 Å². The SMILES string of the molecule is C=Cc1c(C=C)n2c3ccc(-c4ccc5cc(-c6ccccc6)ccc5c4)cc3nc2c2ccccc12. The molecule has 0 spiro atoms. The summed E-state index contributed by atoms with van der Waals surface area (Å²) in [5.41, 5.74) is 9.85. The molecular weight excluding hydrogens is 448 g/mol. The topological polar surface area (TPSA) is 17.3 Å². The Bertz CT molecular complexity index is 2010. The van der Waals surface area contributed by atoms with E-state index in [1.807, 2.05) is 12.2 Å². The first kappa shape index (κ1) is 21.3. The average molecular weight is 473 g/mol. The monoisotopic (exact) mass is 472 g/mol. The van der Waals surface area contributed by atoms with Crippen molar-refractivity contribution in [2.75, 3.05) is 0 Å². The lowest BCUT2D eigenvalue weighted by Gasteiger charge is -2.11. The number of nitrogens with zero attached hydrogens (tertiary/aromatic N) is 2. The molecule has 2 heterocycles. The standard InChI is InChI=1S/C35H24N2/c1-3-29-30-12-8-9-13-31(30)35-36-32-22-28(18-19-34(32)37(35)33(29)4-2)27-17-16-25-20-24(14-15-26(25)21-27)23-10-6-5-7-11-23/h3-22H,1-2H2. The number of fused-ring (bicyclic) bond motifs is 6. The van der Waals surface area contributed by atoms with E-state index in [-0.39, 0.29) is 0 Å². The Hall–Kier alpha value is -4.95. The number of pyridine rings is 1. The van der Waals surface area contributed by atoms with Gasteiger partial charge in [-0.3, -0.25) is 4.40 Å². The Balaban J connectivity index is 1.39. The van der Waals surface area contributed by atoms with E-state index >= 15 is 0 Å². The lowest BCUT2D eigenvalue weighted by atomic mass is 9.97. The molecule has 0 fully saturated rings. The number of imidazole rings is 1. The zero-order valence-electron chi connectivity index (χ0n) is 20.4. The third-order valence-electron chi connectivity index (χ3n) is 7.31. The number of benzene rings is 5. The van der Waals surface area contributed by atoms with Gasteiger partial charge in [0.2, 0.25) is 0 Å². The summed E-state index contributed by atoms with van der Waals surface area (Å²) in [4.78, 5) is 5.10. The zero-order valence-corrected chi connectivity index (χ0v) is 20.4. The van der Waals surface area contributed by atoms with Gasteiger partial charge in [0.25, 0.3) is 0 Å². The van der Waals surface area contributed by atoms with Crippen molar-refractivity contribution in [3.63, 3.8) is 0 Å². The third kappa shape index (κ3) is 3.30. The minimum atomic E-state index is 0.940. The van der Waals surface area contributed by atoms with Gasteiger partial charge in [-0.25, -0.2) is 4.98 Å². The summed E-state index contributed by atoms with van der Waals surface area (Å²) < 4.78 is 2.21. The molecule has 174 valence electrons. The van der Waals surface area contributed by atoms with Crippen molar-refractivity contribution in [1.29, 1.82) is 0 Å². The maximum Gasteiger partial charge on any atom is 0.146 e. The molecule has 5 aromatic carbocycles. The molecule has 0 aliphatic rings. The van der Waals surface area contributed by atoms with E-state index < -0.39 is 0 Å². The van der Waals surface area contributed by atoms with Crippen molar-refractivity contribution < 1.29 is 0 Å². The van der Waals surface area contributed by atoms with Crippen molar-refractivity contribution in [3.8, 4) is 22.3 Å².